The van der Waals surface area contributed by atoms with E-state index in [9.17, 15) is 43.7 Å². The Morgan fingerprint density at radius 3 is 2.31 bits per heavy atom. The lowest BCUT2D eigenvalue weighted by Crippen LogP contribution is -2.34. The minimum Gasteiger partial charge on any atom is -0.748 e. The molecule has 15 nitrogen and oxygen atoms in total. The molecule has 3 aliphatic rings. The fraction of sp³-hybridized carbons (Fsp3) is 0.444. The Morgan fingerprint density at radius 1 is 0.926 bits per heavy atom. The van der Waals surface area contributed by atoms with Crippen LogP contribution < -0.4 is 14.8 Å². The number of hydrogen-bond donors (Lipinski definition) is 1. The summed E-state index contributed by atoms with van der Waals surface area (Å²) >= 11 is 0. The molecule has 0 radical (unpaired) electrons. The summed E-state index contributed by atoms with van der Waals surface area (Å²) in [4.78, 5) is 12.6. The van der Waals surface area contributed by atoms with Crippen molar-refractivity contribution >= 4 is 48.1 Å². The Kier molecular flexibility index (Phi) is 14.4. The number of fused-ring (bicyclic) bond motifs is 2. The maximum Gasteiger partial charge on any atom is 0.303 e. The number of nitrogens with zero attached hydrogens (tertiary/aromatic N) is 2. The first-order valence-electron chi connectivity index (χ1n) is 17.3. The molecule has 2 aliphatic heterocycles. The van der Waals surface area contributed by atoms with E-state index in [1.807, 2.05) is 33.8 Å². The summed E-state index contributed by atoms with van der Waals surface area (Å²) in [7, 11) is -12.2. The molecule has 1 N–H and O–H groups in total. The summed E-state index contributed by atoms with van der Waals surface area (Å²) < 4.78 is 117. The van der Waals surface area contributed by atoms with E-state index in [-0.39, 0.29) is 25.7 Å². The lowest BCUT2D eigenvalue weighted by Gasteiger charge is -2.31. The van der Waals surface area contributed by atoms with Crippen LogP contribution >= 0.6 is 0 Å². The molecule has 0 amide bonds. The van der Waals surface area contributed by atoms with Crippen LogP contribution in [0.1, 0.15) is 63.0 Å². The molecule has 2 heterocycles. The van der Waals surface area contributed by atoms with Crippen LogP contribution in [0.3, 0.4) is 0 Å². The zero-order valence-electron chi connectivity index (χ0n) is 30.0. The van der Waals surface area contributed by atoms with Crippen LogP contribution in [0.5, 0.6) is 0 Å². The number of anilines is 1. The Bertz CT molecular complexity index is 2250. The SMILES string of the molecule is COCC[N+](CCCS(=O)(=O)[O-])=c1ccc2c(/C=C/C=C3/N(CCCCCC(=O)O)c4ccc(S(=O)(=O)[O-])cc4C3(C)CCCS(=O)(=O)[O-])ccoc-2c1. The average molecular weight is 809 g/mol. The van der Waals surface area contributed by atoms with Crippen LogP contribution in [0, 0.1) is 0 Å². The van der Waals surface area contributed by atoms with Gasteiger partial charge in [-0.1, -0.05) is 18.6 Å². The number of hydrogen-bond acceptors (Lipinski definition) is 13. The van der Waals surface area contributed by atoms with Gasteiger partial charge in [-0.25, -0.2) is 29.8 Å². The number of carboxylic acids is 1. The van der Waals surface area contributed by atoms with E-state index in [2.05, 4.69) is 0 Å². The van der Waals surface area contributed by atoms with E-state index in [1.165, 1.54) is 24.5 Å². The second-order valence-corrected chi connectivity index (χ2v) is 17.7. The van der Waals surface area contributed by atoms with E-state index < -0.39 is 58.1 Å². The topological polar surface area (TPSA) is 238 Å². The highest BCUT2D eigenvalue weighted by Gasteiger charge is 2.43. The van der Waals surface area contributed by atoms with Crippen molar-refractivity contribution in [2.45, 2.75) is 62.2 Å². The molecule has 0 spiro atoms. The first-order chi connectivity index (χ1) is 25.3. The molecule has 0 aromatic heterocycles. The van der Waals surface area contributed by atoms with Gasteiger partial charge in [0.05, 0.1) is 37.5 Å². The minimum atomic E-state index is -4.84. The predicted molar refractivity (Wildman–Crippen MR) is 198 cm³/mol. The second kappa shape index (κ2) is 18.1. The van der Waals surface area contributed by atoms with Crippen LogP contribution in [0.2, 0.25) is 0 Å². The molecule has 1 aliphatic carbocycles. The molecule has 0 fully saturated rings. The van der Waals surface area contributed by atoms with E-state index in [4.69, 9.17) is 14.3 Å². The van der Waals surface area contributed by atoms with E-state index in [0.717, 1.165) is 16.5 Å². The van der Waals surface area contributed by atoms with Crippen LogP contribution in [0.15, 0.2) is 75.9 Å². The third kappa shape index (κ3) is 11.8. The molecule has 1 aromatic carbocycles. The molecule has 296 valence electrons. The Morgan fingerprint density at radius 2 is 1.65 bits per heavy atom. The van der Waals surface area contributed by atoms with Crippen LogP contribution in [0.4, 0.5) is 5.69 Å². The maximum atomic E-state index is 12.1. The number of unbranched alkanes of at least 4 members (excludes halogenated alkanes) is 2. The zero-order valence-corrected chi connectivity index (χ0v) is 32.5. The maximum absolute atomic E-state index is 12.1. The number of aliphatic carboxylic acids is 1. The molecular formula is C36H44N2O13S3-2. The van der Waals surface area contributed by atoms with Gasteiger partial charge in [0.2, 0.25) is 5.36 Å². The van der Waals surface area contributed by atoms with Gasteiger partial charge in [0.15, 0.2) is 6.54 Å². The van der Waals surface area contributed by atoms with Gasteiger partial charge in [0.25, 0.3) is 0 Å². The first-order valence-corrected chi connectivity index (χ1v) is 21.8. The van der Waals surface area contributed by atoms with E-state index in [1.54, 1.807) is 32.2 Å². The number of allylic oxidation sites excluding steroid dienone is 3. The van der Waals surface area contributed by atoms with Gasteiger partial charge in [-0.3, -0.25) is 4.79 Å². The van der Waals surface area contributed by atoms with Crippen molar-refractivity contribution in [2.24, 2.45) is 0 Å². The molecule has 1 aromatic rings. The first kappa shape index (κ1) is 42.8. The van der Waals surface area contributed by atoms with Crippen LogP contribution in [-0.4, -0.2) is 94.8 Å². The highest BCUT2D eigenvalue weighted by Crippen LogP contribution is 2.51. The van der Waals surface area contributed by atoms with Crippen molar-refractivity contribution in [1.29, 1.82) is 0 Å². The van der Waals surface area contributed by atoms with Crippen molar-refractivity contribution in [2.75, 3.05) is 49.8 Å². The lowest BCUT2D eigenvalue weighted by atomic mass is 9.77. The van der Waals surface area contributed by atoms with Gasteiger partial charge >= 0.3 is 5.97 Å². The number of carbonyl (C=O) groups is 1. The molecule has 1 unspecified atom stereocenters. The van der Waals surface area contributed by atoms with E-state index >= 15 is 0 Å². The van der Waals surface area contributed by atoms with Gasteiger partial charge in [-0.2, -0.15) is 0 Å². The van der Waals surface area contributed by atoms with Gasteiger partial charge < -0.3 is 32.8 Å². The van der Waals surface area contributed by atoms with E-state index in [0.29, 0.717) is 68.2 Å². The highest BCUT2D eigenvalue weighted by molar-refractivity contribution is 7.86. The Labute approximate surface area is 315 Å². The zero-order chi connectivity index (χ0) is 39.7. The summed E-state index contributed by atoms with van der Waals surface area (Å²) in [5.74, 6) is -1.53. The highest BCUT2D eigenvalue weighted by atomic mass is 32.2. The van der Waals surface area contributed by atoms with Gasteiger partial charge in [-0.05, 0) is 80.1 Å². The molecule has 0 saturated heterocycles. The standard InChI is InChI=1S/C36H46N2O13S3/c1-36(17-7-23-52(41,42)43)31-26-29(54(47,48)49)13-15-32(31)38(19-5-3-4-11-35(39)40)34(36)10-6-9-27-16-21-51-33-25-28(12-14-30(27)33)37(20-22-50-2)18-8-24-53(44,45)46/h6,9-10,12-16,21,25-26H,3-5,7-8,11,17-20,22-24H2,1-2H3,(H3-,39,40,41,42,43,44,45,46,47,48,49)/p-2. The molecule has 54 heavy (non-hydrogen) atoms. The molecule has 1 atom stereocenters. The van der Waals surface area contributed by atoms with Crippen LogP contribution in [-0.2, 0) is 45.3 Å². The predicted octanol–water partition coefficient (Wildman–Crippen LogP) is 3.29. The quantitative estimate of drug-likeness (QED) is 0.0980. The lowest BCUT2D eigenvalue weighted by molar-refractivity contribution is -0.137. The number of rotatable bonds is 20. The number of methoxy groups -OCH3 is 1. The van der Waals surface area contributed by atoms with Crippen molar-refractivity contribution in [3.8, 4) is 11.3 Å². The van der Waals surface area contributed by atoms with Crippen LogP contribution in [0.25, 0.3) is 17.4 Å². The minimum absolute atomic E-state index is 0.00385. The largest absolute Gasteiger partial charge is 0.748 e. The summed E-state index contributed by atoms with van der Waals surface area (Å²) in [6, 6.07) is 11.3. The third-order valence-electron chi connectivity index (χ3n) is 9.34. The normalized spacial score (nSPS) is 17.8. The molecule has 0 bridgehead atoms. The van der Waals surface area contributed by atoms with Crippen molar-refractivity contribution in [1.82, 2.24) is 4.58 Å². The van der Waals surface area contributed by atoms with Crippen molar-refractivity contribution in [3.05, 3.63) is 83.1 Å². The third-order valence-corrected chi connectivity index (χ3v) is 11.8. The number of ether oxygens (including phenoxy) is 1. The average Bonchev–Trinajstić information content (AvgIpc) is 3.30. The summed E-state index contributed by atoms with van der Waals surface area (Å²) in [6.07, 6.45) is 8.77. The van der Waals surface area contributed by atoms with Gasteiger partial charge in [-0.15, -0.1) is 0 Å². The fourth-order valence-corrected chi connectivity index (χ4v) is 8.20. The van der Waals surface area contributed by atoms with Gasteiger partial charge in [0.1, 0.15) is 29.0 Å². The molecule has 4 rings (SSSR count). The molecule has 0 saturated carbocycles. The molecule has 18 heteroatoms. The Hall–Kier alpha value is -3.91. The number of benzene rings is 2. The summed E-state index contributed by atoms with van der Waals surface area (Å²) in [5.41, 5.74) is 2.23. The van der Waals surface area contributed by atoms with Crippen molar-refractivity contribution in [3.63, 3.8) is 0 Å². The second-order valence-electron chi connectivity index (χ2n) is 13.2. The summed E-state index contributed by atoms with van der Waals surface area (Å²) in [5, 5.41) is 9.80. The Balaban J connectivity index is 1.77. The monoisotopic (exact) mass is 808 g/mol. The fourth-order valence-electron chi connectivity index (χ4n) is 6.72. The van der Waals surface area contributed by atoms with Gasteiger partial charge in [0, 0.05) is 66.4 Å². The number of carboxylic acid groups (broad SMARTS) is 1. The summed E-state index contributed by atoms with van der Waals surface area (Å²) in [6.45, 7) is 3.30. The molecular weight excluding hydrogens is 765 g/mol. The smallest absolute Gasteiger partial charge is 0.303 e. The van der Waals surface area contributed by atoms with Crippen molar-refractivity contribution < 1.29 is 58.0 Å².